The number of β-amino-alcohol motifs (C(OH)–C–C–N with tert-alkyl or cyclic N) is 1. The van der Waals surface area contributed by atoms with Crippen LogP contribution in [0.15, 0.2) is 48.5 Å². The third kappa shape index (κ3) is 5.96. The van der Waals surface area contributed by atoms with E-state index in [2.05, 4.69) is 26.1 Å². The molecule has 0 saturated heterocycles. The summed E-state index contributed by atoms with van der Waals surface area (Å²) >= 11 is 0. The van der Waals surface area contributed by atoms with E-state index in [0.29, 0.717) is 18.9 Å². The van der Waals surface area contributed by atoms with Gasteiger partial charge in [0.2, 0.25) is 0 Å². The molecule has 0 heterocycles. The van der Waals surface area contributed by atoms with Gasteiger partial charge in [-0.15, -0.1) is 0 Å². The van der Waals surface area contributed by atoms with Gasteiger partial charge in [0.25, 0.3) is 0 Å². The van der Waals surface area contributed by atoms with Gasteiger partial charge in [0.15, 0.2) is 0 Å². The molecule has 3 N–H and O–H groups in total. The minimum atomic E-state index is -0.658. The number of nitrogens with one attached hydrogen (secondary N) is 1. The molecule has 0 aliphatic heterocycles. The predicted molar refractivity (Wildman–Crippen MR) is 95.9 cm³/mol. The molecule has 24 heavy (non-hydrogen) atoms. The van der Waals surface area contributed by atoms with Crippen LogP contribution in [0.5, 0.6) is 5.75 Å². The third-order valence-electron chi connectivity index (χ3n) is 3.63. The summed E-state index contributed by atoms with van der Waals surface area (Å²) in [5, 5.41) is 23.2. The maximum absolute atomic E-state index is 10.4. The Hall–Kier alpha value is -1.88. The normalized spacial score (nSPS) is 12.9. The summed E-state index contributed by atoms with van der Waals surface area (Å²) in [6, 6.07) is 15.3. The second kappa shape index (κ2) is 8.29. The molecule has 2 aromatic carbocycles. The number of hydrogen-bond acceptors (Lipinski definition) is 4. The van der Waals surface area contributed by atoms with Gasteiger partial charge in [-0.05, 0) is 49.6 Å². The minimum absolute atomic E-state index is 0.0673. The molecule has 4 nitrogen and oxygen atoms in total. The average molecular weight is 329 g/mol. The van der Waals surface area contributed by atoms with E-state index in [9.17, 15) is 10.2 Å². The largest absolute Gasteiger partial charge is 0.489 e. The molecule has 0 saturated carbocycles. The van der Waals surface area contributed by atoms with Gasteiger partial charge < -0.3 is 20.3 Å². The first-order chi connectivity index (χ1) is 11.4. The number of rotatable bonds is 7. The van der Waals surface area contributed by atoms with Crippen LogP contribution in [0, 0.1) is 0 Å². The van der Waals surface area contributed by atoms with Crippen LogP contribution in [0.4, 0.5) is 0 Å². The number of ether oxygens (including phenoxy) is 1. The molecule has 0 aliphatic carbocycles. The molecule has 130 valence electrons. The van der Waals surface area contributed by atoms with Crippen LogP contribution in [0.1, 0.15) is 43.6 Å². The van der Waals surface area contributed by atoms with Crippen molar-refractivity contribution in [1.82, 2.24) is 5.32 Å². The molecule has 0 bridgehead atoms. The van der Waals surface area contributed by atoms with Gasteiger partial charge in [0.05, 0.1) is 12.7 Å². The lowest BCUT2D eigenvalue weighted by Gasteiger charge is -2.23. The second-order valence-electron chi connectivity index (χ2n) is 6.99. The molecule has 0 fully saturated rings. The Kier molecular flexibility index (Phi) is 6.37. The number of benzene rings is 2. The van der Waals surface area contributed by atoms with Crippen molar-refractivity contribution < 1.29 is 14.9 Å². The average Bonchev–Trinajstić information content (AvgIpc) is 2.57. The van der Waals surface area contributed by atoms with Crippen molar-refractivity contribution >= 4 is 0 Å². The molecular weight excluding hydrogens is 302 g/mol. The Labute approximate surface area is 144 Å². The maximum atomic E-state index is 10.4. The van der Waals surface area contributed by atoms with Gasteiger partial charge >= 0.3 is 0 Å². The van der Waals surface area contributed by atoms with Gasteiger partial charge in [0, 0.05) is 12.1 Å². The molecule has 1 atom stereocenters. The van der Waals surface area contributed by atoms with Gasteiger partial charge in [-0.2, -0.15) is 0 Å². The highest BCUT2D eigenvalue weighted by Gasteiger charge is 2.15. The fourth-order valence-corrected chi connectivity index (χ4v) is 2.31. The zero-order valence-electron chi connectivity index (χ0n) is 14.6. The van der Waals surface area contributed by atoms with E-state index in [1.807, 2.05) is 42.5 Å². The van der Waals surface area contributed by atoms with Gasteiger partial charge in [-0.25, -0.2) is 0 Å². The fraction of sp³-hybridized carbons (Fsp3) is 0.400. The van der Waals surface area contributed by atoms with Crippen LogP contribution in [-0.2, 0) is 13.2 Å². The summed E-state index contributed by atoms with van der Waals surface area (Å²) < 4.78 is 5.83. The van der Waals surface area contributed by atoms with E-state index >= 15 is 0 Å². The Morgan fingerprint density at radius 3 is 2.38 bits per heavy atom. The molecule has 2 aromatic rings. The van der Waals surface area contributed by atoms with Gasteiger partial charge in [-0.1, -0.05) is 36.4 Å². The Morgan fingerprint density at radius 2 is 1.75 bits per heavy atom. The number of hydrogen-bond donors (Lipinski definition) is 3. The van der Waals surface area contributed by atoms with Crippen LogP contribution in [0.3, 0.4) is 0 Å². The maximum Gasteiger partial charge on any atom is 0.120 e. The first-order valence-electron chi connectivity index (χ1n) is 8.22. The zero-order valence-corrected chi connectivity index (χ0v) is 14.6. The summed E-state index contributed by atoms with van der Waals surface area (Å²) in [7, 11) is 0. The fourth-order valence-electron chi connectivity index (χ4n) is 2.31. The monoisotopic (exact) mass is 329 g/mol. The topological polar surface area (TPSA) is 61.7 Å². The highest BCUT2D eigenvalue weighted by molar-refractivity contribution is 5.36. The SMILES string of the molecule is CC(C)(C)NC[C@H](O)c1cc(CO)cc(OCc2ccccc2)c1. The van der Waals surface area contributed by atoms with E-state index in [1.165, 1.54) is 0 Å². The van der Waals surface area contributed by atoms with Crippen LogP contribution < -0.4 is 10.1 Å². The summed E-state index contributed by atoms with van der Waals surface area (Å²) in [6.45, 7) is 6.96. The van der Waals surface area contributed by atoms with E-state index in [1.54, 1.807) is 6.07 Å². The standard InChI is InChI=1S/C20H27NO3/c1-20(2,3)21-12-19(23)17-9-16(13-22)10-18(11-17)24-14-15-7-5-4-6-8-15/h4-11,19,21-23H,12-14H2,1-3H3/t19-/m0/s1. The Morgan fingerprint density at radius 1 is 1.04 bits per heavy atom. The van der Waals surface area contributed by atoms with Crippen LogP contribution in [-0.4, -0.2) is 22.3 Å². The van der Waals surface area contributed by atoms with E-state index < -0.39 is 6.10 Å². The first-order valence-corrected chi connectivity index (χ1v) is 8.22. The zero-order chi connectivity index (χ0) is 17.6. The lowest BCUT2D eigenvalue weighted by molar-refractivity contribution is 0.162. The Bertz CT molecular complexity index is 635. The number of aliphatic hydroxyl groups excluding tert-OH is 2. The molecule has 0 spiro atoms. The molecule has 0 unspecified atom stereocenters. The van der Waals surface area contributed by atoms with Crippen molar-refractivity contribution in [1.29, 1.82) is 0 Å². The smallest absolute Gasteiger partial charge is 0.120 e. The van der Waals surface area contributed by atoms with Crippen molar-refractivity contribution in [2.75, 3.05) is 6.54 Å². The number of aliphatic hydroxyl groups is 2. The van der Waals surface area contributed by atoms with E-state index in [4.69, 9.17) is 4.74 Å². The minimum Gasteiger partial charge on any atom is -0.489 e. The molecular formula is C20H27NO3. The lowest BCUT2D eigenvalue weighted by atomic mass is 10.0. The van der Waals surface area contributed by atoms with Crippen molar-refractivity contribution in [3.8, 4) is 5.75 Å². The molecule has 0 radical (unpaired) electrons. The van der Waals surface area contributed by atoms with E-state index in [0.717, 1.165) is 16.7 Å². The van der Waals surface area contributed by atoms with E-state index in [-0.39, 0.29) is 12.1 Å². The summed E-state index contributed by atoms with van der Waals surface area (Å²) in [4.78, 5) is 0. The molecule has 2 rings (SSSR count). The van der Waals surface area contributed by atoms with Crippen LogP contribution in [0.25, 0.3) is 0 Å². The highest BCUT2D eigenvalue weighted by Crippen LogP contribution is 2.23. The van der Waals surface area contributed by atoms with Crippen LogP contribution >= 0.6 is 0 Å². The Balaban J connectivity index is 2.08. The van der Waals surface area contributed by atoms with Crippen molar-refractivity contribution in [3.63, 3.8) is 0 Å². The summed E-state index contributed by atoms with van der Waals surface area (Å²) in [6.07, 6.45) is -0.658. The lowest BCUT2D eigenvalue weighted by Crippen LogP contribution is -2.38. The predicted octanol–water partition coefficient (Wildman–Crippen LogP) is 3.18. The van der Waals surface area contributed by atoms with Crippen molar-refractivity contribution in [2.45, 2.75) is 45.6 Å². The van der Waals surface area contributed by atoms with Crippen molar-refractivity contribution in [3.05, 3.63) is 65.2 Å². The summed E-state index contributed by atoms with van der Waals surface area (Å²) in [5.74, 6) is 0.648. The second-order valence-corrected chi connectivity index (χ2v) is 6.99. The molecule has 0 aliphatic rings. The molecule has 4 heteroatoms. The van der Waals surface area contributed by atoms with Crippen LogP contribution in [0.2, 0.25) is 0 Å². The van der Waals surface area contributed by atoms with Gasteiger partial charge in [-0.3, -0.25) is 0 Å². The van der Waals surface area contributed by atoms with Gasteiger partial charge in [0.1, 0.15) is 12.4 Å². The highest BCUT2D eigenvalue weighted by atomic mass is 16.5. The molecule has 0 aromatic heterocycles. The molecule has 0 amide bonds. The quantitative estimate of drug-likeness (QED) is 0.730. The van der Waals surface area contributed by atoms with Crippen molar-refractivity contribution in [2.24, 2.45) is 0 Å². The summed E-state index contributed by atoms with van der Waals surface area (Å²) in [5.41, 5.74) is 2.47. The third-order valence-corrected chi connectivity index (χ3v) is 3.63. The first kappa shape index (κ1) is 18.5.